The van der Waals surface area contributed by atoms with Crippen molar-refractivity contribution in [1.29, 1.82) is 5.26 Å². The van der Waals surface area contributed by atoms with Gasteiger partial charge in [-0.15, -0.1) is 0 Å². The van der Waals surface area contributed by atoms with Crippen LogP contribution in [0.4, 0.5) is 0 Å². The maximum Gasteiger partial charge on any atom is 0.179 e. The summed E-state index contributed by atoms with van der Waals surface area (Å²) in [6.07, 6.45) is 1.14. The van der Waals surface area contributed by atoms with Crippen LogP contribution in [-0.4, -0.2) is 20.8 Å². The molecule has 0 amide bonds. The molecule has 0 spiro atoms. The van der Waals surface area contributed by atoms with Crippen LogP contribution in [0.3, 0.4) is 0 Å². The van der Waals surface area contributed by atoms with E-state index in [2.05, 4.69) is 11.4 Å². The van der Waals surface area contributed by atoms with Crippen LogP contribution in [0.2, 0.25) is 5.02 Å². The van der Waals surface area contributed by atoms with Crippen molar-refractivity contribution in [3.63, 3.8) is 0 Å². The van der Waals surface area contributed by atoms with Crippen LogP contribution in [0.1, 0.15) is 18.4 Å². The maximum absolute atomic E-state index is 8.45. The third kappa shape index (κ3) is 4.10. The van der Waals surface area contributed by atoms with E-state index in [1.165, 1.54) is 0 Å². The summed E-state index contributed by atoms with van der Waals surface area (Å²) < 4.78 is 10.8. The predicted octanol–water partition coefficient (Wildman–Crippen LogP) is 2.75. The van der Waals surface area contributed by atoms with E-state index in [0.29, 0.717) is 42.5 Å². The number of halogens is 1. The molecule has 0 aliphatic heterocycles. The zero-order valence-corrected chi connectivity index (χ0v) is 11.4. The molecule has 0 saturated carbocycles. The number of ether oxygens (including phenoxy) is 2. The highest BCUT2D eigenvalue weighted by molar-refractivity contribution is 6.32. The number of nitriles is 1. The minimum Gasteiger partial charge on any atom is -0.493 e. The van der Waals surface area contributed by atoms with Gasteiger partial charge in [-0.3, -0.25) is 0 Å². The molecule has 1 rings (SSSR count). The molecular weight excluding hydrogens is 252 g/mol. The molecule has 0 fully saturated rings. The molecule has 0 aliphatic carbocycles. The third-order valence-corrected chi connectivity index (χ3v) is 2.63. The van der Waals surface area contributed by atoms with E-state index in [4.69, 9.17) is 26.3 Å². The van der Waals surface area contributed by atoms with Gasteiger partial charge in [0, 0.05) is 13.0 Å². The minimum absolute atomic E-state index is 0.453. The largest absolute Gasteiger partial charge is 0.493 e. The summed E-state index contributed by atoms with van der Waals surface area (Å²) in [6, 6.07) is 5.81. The molecule has 1 aromatic rings. The van der Waals surface area contributed by atoms with Crippen molar-refractivity contribution in [1.82, 2.24) is 5.32 Å². The van der Waals surface area contributed by atoms with E-state index in [0.717, 1.165) is 5.56 Å². The second kappa shape index (κ2) is 7.80. The first-order valence-electron chi connectivity index (χ1n) is 5.73. The van der Waals surface area contributed by atoms with Crippen LogP contribution in [0.5, 0.6) is 11.5 Å². The van der Waals surface area contributed by atoms with E-state index in [-0.39, 0.29) is 0 Å². The van der Waals surface area contributed by atoms with Crippen molar-refractivity contribution in [2.75, 3.05) is 20.8 Å². The molecule has 0 saturated heterocycles. The Morgan fingerprint density at radius 1 is 1.44 bits per heavy atom. The van der Waals surface area contributed by atoms with Crippen molar-refractivity contribution in [3.8, 4) is 17.6 Å². The number of unbranched alkanes of at least 4 members (excludes halogenated alkanes) is 1. The first-order chi connectivity index (χ1) is 8.72. The van der Waals surface area contributed by atoms with Crippen LogP contribution in [0.15, 0.2) is 12.1 Å². The lowest BCUT2D eigenvalue weighted by Gasteiger charge is -2.13. The molecule has 0 atom stereocenters. The molecule has 1 N–H and O–H groups in total. The van der Waals surface area contributed by atoms with Crippen LogP contribution >= 0.6 is 11.6 Å². The zero-order chi connectivity index (χ0) is 13.4. The monoisotopic (exact) mass is 268 g/mol. The smallest absolute Gasteiger partial charge is 0.179 e. The second-order valence-electron chi connectivity index (χ2n) is 3.75. The molecular formula is C13H17ClN2O2. The lowest BCUT2D eigenvalue weighted by molar-refractivity contribution is 0.290. The Bertz CT molecular complexity index is 430. The predicted molar refractivity (Wildman–Crippen MR) is 71.1 cm³/mol. The Hall–Kier alpha value is -1.44. The van der Waals surface area contributed by atoms with Crippen LogP contribution < -0.4 is 14.8 Å². The average Bonchev–Trinajstić information content (AvgIpc) is 2.36. The second-order valence-corrected chi connectivity index (χ2v) is 4.16. The van der Waals surface area contributed by atoms with Gasteiger partial charge in [0.15, 0.2) is 11.5 Å². The summed E-state index contributed by atoms with van der Waals surface area (Å²) in [6.45, 7) is 1.17. The normalized spacial score (nSPS) is 9.89. The number of nitrogens with zero attached hydrogens (tertiary/aromatic N) is 1. The molecule has 5 heteroatoms. The molecule has 0 heterocycles. The summed E-state index contributed by atoms with van der Waals surface area (Å²) >= 11 is 6.16. The Morgan fingerprint density at radius 3 is 2.83 bits per heavy atom. The summed E-state index contributed by atoms with van der Waals surface area (Å²) in [7, 11) is 3.45. The average molecular weight is 269 g/mol. The molecule has 1 aromatic carbocycles. The van der Waals surface area contributed by atoms with Gasteiger partial charge >= 0.3 is 0 Å². The van der Waals surface area contributed by atoms with Gasteiger partial charge in [0.25, 0.3) is 0 Å². The summed E-state index contributed by atoms with van der Waals surface area (Å²) in [4.78, 5) is 0. The van der Waals surface area contributed by atoms with Gasteiger partial charge in [0.1, 0.15) is 0 Å². The fourth-order valence-electron chi connectivity index (χ4n) is 1.54. The number of nitrogens with one attached hydrogen (secondary N) is 1. The Labute approximate surface area is 112 Å². The molecule has 4 nitrogen and oxygen atoms in total. The van der Waals surface area contributed by atoms with Gasteiger partial charge < -0.3 is 14.8 Å². The Kier molecular flexibility index (Phi) is 6.34. The molecule has 0 aliphatic rings. The van der Waals surface area contributed by atoms with Crippen molar-refractivity contribution in [2.45, 2.75) is 19.4 Å². The number of hydrogen-bond acceptors (Lipinski definition) is 4. The molecule has 0 radical (unpaired) electrons. The van der Waals surface area contributed by atoms with Gasteiger partial charge in [-0.1, -0.05) is 11.6 Å². The molecule has 98 valence electrons. The Balaban J connectivity index is 2.80. The fourth-order valence-corrected chi connectivity index (χ4v) is 1.83. The lowest BCUT2D eigenvalue weighted by Crippen LogP contribution is -2.06. The van der Waals surface area contributed by atoms with Crippen molar-refractivity contribution in [3.05, 3.63) is 22.7 Å². The summed E-state index contributed by atoms with van der Waals surface area (Å²) in [5.74, 6) is 1.15. The van der Waals surface area contributed by atoms with Crippen molar-refractivity contribution in [2.24, 2.45) is 0 Å². The van der Waals surface area contributed by atoms with Gasteiger partial charge in [-0.05, 0) is 31.2 Å². The van der Waals surface area contributed by atoms with Gasteiger partial charge in [-0.25, -0.2) is 0 Å². The van der Waals surface area contributed by atoms with Crippen LogP contribution in [0, 0.1) is 11.3 Å². The summed E-state index contributed by atoms with van der Waals surface area (Å²) in [5.41, 5.74) is 1.03. The lowest BCUT2D eigenvalue weighted by atomic mass is 10.2. The van der Waals surface area contributed by atoms with E-state index in [1.807, 2.05) is 19.2 Å². The van der Waals surface area contributed by atoms with Gasteiger partial charge in [0.2, 0.25) is 0 Å². The quantitative estimate of drug-likeness (QED) is 0.773. The molecule has 18 heavy (non-hydrogen) atoms. The number of benzene rings is 1. The third-order valence-electron chi connectivity index (χ3n) is 2.35. The SMILES string of the molecule is CNCc1cc(Cl)c(OCCCC#N)c(OC)c1. The highest BCUT2D eigenvalue weighted by Crippen LogP contribution is 2.36. The molecule has 0 unspecified atom stereocenters. The number of methoxy groups -OCH3 is 1. The van der Waals surface area contributed by atoms with Gasteiger partial charge in [0.05, 0.1) is 24.8 Å². The highest BCUT2D eigenvalue weighted by Gasteiger charge is 2.11. The van der Waals surface area contributed by atoms with Crippen LogP contribution in [-0.2, 0) is 6.54 Å². The minimum atomic E-state index is 0.453. The topological polar surface area (TPSA) is 54.3 Å². The number of rotatable bonds is 7. The standard InChI is InChI=1S/C13H17ClN2O2/c1-16-9-10-7-11(14)13(12(8-10)17-2)18-6-4-3-5-15/h7-8,16H,3-4,6,9H2,1-2H3. The Morgan fingerprint density at radius 2 is 2.22 bits per heavy atom. The van der Waals surface area contributed by atoms with E-state index in [9.17, 15) is 0 Å². The van der Waals surface area contributed by atoms with E-state index >= 15 is 0 Å². The maximum atomic E-state index is 8.45. The van der Waals surface area contributed by atoms with Crippen LogP contribution in [0.25, 0.3) is 0 Å². The highest BCUT2D eigenvalue weighted by atomic mass is 35.5. The van der Waals surface area contributed by atoms with Crippen molar-refractivity contribution >= 4 is 11.6 Å². The fraction of sp³-hybridized carbons (Fsp3) is 0.462. The molecule has 0 aromatic heterocycles. The van der Waals surface area contributed by atoms with Crippen molar-refractivity contribution < 1.29 is 9.47 Å². The first-order valence-corrected chi connectivity index (χ1v) is 6.11. The van der Waals surface area contributed by atoms with Gasteiger partial charge in [-0.2, -0.15) is 5.26 Å². The summed E-state index contributed by atoms with van der Waals surface area (Å²) in [5, 5.41) is 12.0. The van der Waals surface area contributed by atoms with E-state index in [1.54, 1.807) is 7.11 Å². The van der Waals surface area contributed by atoms with E-state index < -0.39 is 0 Å². The molecule has 0 bridgehead atoms. The first kappa shape index (κ1) is 14.6. The number of hydrogen-bond donors (Lipinski definition) is 1. The zero-order valence-electron chi connectivity index (χ0n) is 10.6.